The predicted octanol–water partition coefficient (Wildman–Crippen LogP) is 4.29. The number of esters is 1. The van der Waals surface area contributed by atoms with Crippen LogP contribution in [0.2, 0.25) is 0 Å². The lowest BCUT2D eigenvalue weighted by atomic mass is 10.1. The number of carbonyl (C=O) groups is 1. The number of methoxy groups -OCH3 is 2. The Morgan fingerprint density at radius 2 is 1.71 bits per heavy atom. The van der Waals surface area contributed by atoms with Crippen LogP contribution in [0.4, 0.5) is 0 Å². The lowest BCUT2D eigenvalue weighted by molar-refractivity contribution is 0.0529. The fourth-order valence-electron chi connectivity index (χ4n) is 2.62. The van der Waals surface area contributed by atoms with Gasteiger partial charge >= 0.3 is 5.97 Å². The summed E-state index contributed by atoms with van der Waals surface area (Å²) in [6.45, 7) is 2.05. The van der Waals surface area contributed by atoms with Crippen LogP contribution >= 0.6 is 0 Å². The van der Waals surface area contributed by atoms with Crippen LogP contribution in [-0.4, -0.2) is 26.8 Å². The molecule has 0 spiro atoms. The second kappa shape index (κ2) is 6.66. The summed E-state index contributed by atoms with van der Waals surface area (Å²) in [7, 11) is 3.10. The molecule has 0 radical (unpaired) electrons. The van der Waals surface area contributed by atoms with E-state index in [9.17, 15) is 4.79 Å². The first-order valence-corrected chi connectivity index (χ1v) is 7.60. The molecule has 1 heterocycles. The first-order valence-electron chi connectivity index (χ1n) is 7.60. The molecule has 0 amide bonds. The second-order valence-corrected chi connectivity index (χ2v) is 5.10. The van der Waals surface area contributed by atoms with Gasteiger partial charge in [-0.3, -0.25) is 0 Å². The Morgan fingerprint density at radius 1 is 1.04 bits per heavy atom. The van der Waals surface area contributed by atoms with Crippen molar-refractivity contribution in [2.75, 3.05) is 20.8 Å². The Balaban J connectivity index is 2.30. The number of benzene rings is 2. The van der Waals surface area contributed by atoms with Gasteiger partial charge in [0.05, 0.1) is 20.8 Å². The van der Waals surface area contributed by atoms with E-state index in [1.54, 1.807) is 33.3 Å². The van der Waals surface area contributed by atoms with Gasteiger partial charge in [0.15, 0.2) is 11.5 Å². The van der Waals surface area contributed by atoms with Crippen LogP contribution in [-0.2, 0) is 4.74 Å². The molecule has 3 rings (SSSR count). The topological polar surface area (TPSA) is 57.9 Å². The summed E-state index contributed by atoms with van der Waals surface area (Å²) in [5.74, 6) is 1.10. The molecule has 0 unspecified atom stereocenters. The zero-order valence-corrected chi connectivity index (χ0v) is 13.8. The van der Waals surface area contributed by atoms with Gasteiger partial charge < -0.3 is 18.6 Å². The van der Waals surface area contributed by atoms with Gasteiger partial charge in [-0.15, -0.1) is 0 Å². The number of fused-ring (bicyclic) bond motifs is 1. The minimum atomic E-state index is -0.428. The van der Waals surface area contributed by atoms with Crippen molar-refractivity contribution in [3.05, 3.63) is 48.0 Å². The number of furan rings is 1. The molecule has 0 atom stereocenters. The van der Waals surface area contributed by atoms with E-state index in [0.717, 1.165) is 5.56 Å². The molecule has 24 heavy (non-hydrogen) atoms. The molecule has 5 heteroatoms. The van der Waals surface area contributed by atoms with Gasteiger partial charge in [-0.2, -0.15) is 0 Å². The molecule has 5 nitrogen and oxygen atoms in total. The lowest BCUT2D eigenvalue weighted by Gasteiger charge is -2.07. The molecule has 1 aromatic heterocycles. The van der Waals surface area contributed by atoms with Crippen LogP contribution in [0, 0.1) is 0 Å². The Hall–Kier alpha value is -2.95. The molecular weight excluding hydrogens is 308 g/mol. The maximum Gasteiger partial charge on any atom is 0.342 e. The Bertz CT molecular complexity index is 864. The normalized spacial score (nSPS) is 10.6. The van der Waals surface area contributed by atoms with Gasteiger partial charge in [0.2, 0.25) is 0 Å². The van der Waals surface area contributed by atoms with E-state index in [2.05, 4.69) is 0 Å². The third-order valence-corrected chi connectivity index (χ3v) is 3.71. The van der Waals surface area contributed by atoms with E-state index in [-0.39, 0.29) is 6.61 Å². The number of carbonyl (C=O) groups excluding carboxylic acids is 1. The van der Waals surface area contributed by atoms with Crippen molar-refractivity contribution in [2.45, 2.75) is 6.92 Å². The fourth-order valence-corrected chi connectivity index (χ4v) is 2.62. The summed E-state index contributed by atoms with van der Waals surface area (Å²) >= 11 is 0. The van der Waals surface area contributed by atoms with Crippen molar-refractivity contribution >= 4 is 16.9 Å². The zero-order chi connectivity index (χ0) is 17.1. The molecule has 0 aliphatic rings. The van der Waals surface area contributed by atoms with E-state index < -0.39 is 5.97 Å². The third-order valence-electron chi connectivity index (χ3n) is 3.71. The molecule has 0 N–H and O–H groups in total. The zero-order valence-electron chi connectivity index (χ0n) is 13.8. The van der Waals surface area contributed by atoms with Crippen LogP contribution in [0.3, 0.4) is 0 Å². The van der Waals surface area contributed by atoms with Crippen LogP contribution < -0.4 is 9.47 Å². The van der Waals surface area contributed by atoms with E-state index in [1.165, 1.54) is 0 Å². The Labute approximate surface area is 139 Å². The predicted molar refractivity (Wildman–Crippen MR) is 90.7 cm³/mol. The standard InChI is InChI=1S/C19H18O5/c1-4-23-19(20)17-13-10-15(21-2)16(22-3)11-14(13)24-18(17)12-8-6-5-7-9-12/h5-11H,4H2,1-3H3. The van der Waals surface area contributed by atoms with Crippen LogP contribution in [0.1, 0.15) is 17.3 Å². The highest BCUT2D eigenvalue weighted by atomic mass is 16.5. The Kier molecular flexibility index (Phi) is 4.42. The molecule has 0 bridgehead atoms. The van der Waals surface area contributed by atoms with Crippen molar-refractivity contribution < 1.29 is 23.4 Å². The fraction of sp³-hybridized carbons (Fsp3) is 0.211. The van der Waals surface area contributed by atoms with Crippen molar-refractivity contribution in [1.82, 2.24) is 0 Å². The molecule has 0 saturated carbocycles. The quantitative estimate of drug-likeness (QED) is 0.655. The number of hydrogen-bond acceptors (Lipinski definition) is 5. The Morgan fingerprint density at radius 3 is 2.33 bits per heavy atom. The first kappa shape index (κ1) is 15.9. The van der Waals surface area contributed by atoms with Gasteiger partial charge in [0.25, 0.3) is 0 Å². The van der Waals surface area contributed by atoms with Gasteiger partial charge in [-0.1, -0.05) is 30.3 Å². The average molecular weight is 326 g/mol. The van der Waals surface area contributed by atoms with Gasteiger partial charge in [-0.25, -0.2) is 4.79 Å². The highest BCUT2D eigenvalue weighted by molar-refractivity contribution is 6.09. The van der Waals surface area contributed by atoms with E-state index in [4.69, 9.17) is 18.6 Å². The molecule has 0 fully saturated rings. The number of rotatable bonds is 5. The summed E-state index contributed by atoms with van der Waals surface area (Å²) < 4.78 is 21.8. The summed E-state index contributed by atoms with van der Waals surface area (Å²) in [6.07, 6.45) is 0. The smallest absolute Gasteiger partial charge is 0.342 e. The van der Waals surface area contributed by atoms with Crippen molar-refractivity contribution in [1.29, 1.82) is 0 Å². The van der Waals surface area contributed by atoms with Crippen LogP contribution in [0.15, 0.2) is 46.9 Å². The van der Waals surface area contributed by atoms with Gasteiger partial charge in [0.1, 0.15) is 16.9 Å². The van der Waals surface area contributed by atoms with Crippen LogP contribution in [0.25, 0.3) is 22.3 Å². The molecule has 2 aromatic carbocycles. The number of hydrogen-bond donors (Lipinski definition) is 0. The maximum absolute atomic E-state index is 12.5. The molecule has 3 aromatic rings. The largest absolute Gasteiger partial charge is 0.493 e. The van der Waals surface area contributed by atoms with Crippen molar-refractivity contribution in [3.8, 4) is 22.8 Å². The van der Waals surface area contributed by atoms with E-state index >= 15 is 0 Å². The van der Waals surface area contributed by atoms with Gasteiger partial charge in [0, 0.05) is 17.0 Å². The maximum atomic E-state index is 12.5. The summed E-state index contributed by atoms with van der Waals surface area (Å²) in [5, 5.41) is 0.630. The van der Waals surface area contributed by atoms with Crippen molar-refractivity contribution in [2.24, 2.45) is 0 Å². The lowest BCUT2D eigenvalue weighted by Crippen LogP contribution is -2.05. The van der Waals surface area contributed by atoms with Gasteiger partial charge in [-0.05, 0) is 13.0 Å². The monoisotopic (exact) mass is 326 g/mol. The minimum Gasteiger partial charge on any atom is -0.493 e. The second-order valence-electron chi connectivity index (χ2n) is 5.10. The first-order chi connectivity index (χ1) is 11.7. The van der Waals surface area contributed by atoms with E-state index in [0.29, 0.717) is 33.8 Å². The average Bonchev–Trinajstić information content (AvgIpc) is 2.99. The third kappa shape index (κ3) is 2.69. The SMILES string of the molecule is CCOC(=O)c1c(-c2ccccc2)oc2cc(OC)c(OC)cc12. The highest BCUT2D eigenvalue weighted by Gasteiger charge is 2.24. The molecule has 0 aliphatic heterocycles. The number of ether oxygens (including phenoxy) is 3. The van der Waals surface area contributed by atoms with Crippen LogP contribution in [0.5, 0.6) is 11.5 Å². The summed E-state index contributed by atoms with van der Waals surface area (Å²) in [5.41, 5.74) is 1.73. The molecule has 0 saturated heterocycles. The minimum absolute atomic E-state index is 0.285. The molecular formula is C19H18O5. The highest BCUT2D eigenvalue weighted by Crippen LogP contribution is 2.40. The summed E-state index contributed by atoms with van der Waals surface area (Å²) in [6, 6.07) is 12.9. The molecule has 124 valence electrons. The molecule has 0 aliphatic carbocycles. The van der Waals surface area contributed by atoms with Crippen molar-refractivity contribution in [3.63, 3.8) is 0 Å². The summed E-state index contributed by atoms with van der Waals surface area (Å²) in [4.78, 5) is 12.5. The van der Waals surface area contributed by atoms with E-state index in [1.807, 2.05) is 30.3 Å².